The highest BCUT2D eigenvalue weighted by atomic mass is 32.2. The van der Waals surface area contributed by atoms with E-state index in [1.165, 1.54) is 0 Å². The van der Waals surface area contributed by atoms with Crippen molar-refractivity contribution in [3.63, 3.8) is 0 Å². The number of piperidine rings is 1. The van der Waals surface area contributed by atoms with Crippen LogP contribution in [0.15, 0.2) is 42.5 Å². The molecule has 0 atom stereocenters. The second-order valence-corrected chi connectivity index (χ2v) is 10.8. The van der Waals surface area contributed by atoms with Gasteiger partial charge in [-0.3, -0.25) is 0 Å². The Balaban J connectivity index is 1.40. The highest BCUT2D eigenvalue weighted by Gasteiger charge is 2.28. The van der Waals surface area contributed by atoms with Gasteiger partial charge in [0.1, 0.15) is 5.82 Å². The number of aromatic nitrogens is 4. The number of benzene rings is 1. The smallest absolute Gasteiger partial charge is 0.218 e. The van der Waals surface area contributed by atoms with E-state index in [4.69, 9.17) is 0 Å². The molecule has 2 aromatic heterocycles. The van der Waals surface area contributed by atoms with E-state index in [1.807, 2.05) is 42.5 Å². The molecule has 30 heavy (non-hydrogen) atoms. The minimum atomic E-state index is -3.31. The lowest BCUT2D eigenvalue weighted by molar-refractivity contribution is 0.329. The molecular formula is C21H28N6O2S. The molecule has 8 nitrogen and oxygen atoms in total. The van der Waals surface area contributed by atoms with Gasteiger partial charge in [-0.25, -0.2) is 12.7 Å². The van der Waals surface area contributed by atoms with E-state index in [0.29, 0.717) is 18.7 Å². The van der Waals surface area contributed by atoms with Crippen LogP contribution in [-0.4, -0.2) is 51.7 Å². The van der Waals surface area contributed by atoms with E-state index < -0.39 is 10.0 Å². The molecule has 1 fully saturated rings. The molecule has 1 N–H and O–H groups in total. The molecular weight excluding hydrogens is 400 g/mol. The van der Waals surface area contributed by atoms with E-state index in [-0.39, 0.29) is 17.2 Å². The predicted octanol–water partition coefficient (Wildman–Crippen LogP) is 2.83. The van der Waals surface area contributed by atoms with Gasteiger partial charge in [-0.2, -0.15) is 4.52 Å². The second-order valence-electron chi connectivity index (χ2n) is 8.82. The van der Waals surface area contributed by atoms with Crippen LogP contribution >= 0.6 is 0 Å². The lowest BCUT2D eigenvalue weighted by atomic mass is 9.96. The van der Waals surface area contributed by atoms with Crippen LogP contribution < -0.4 is 5.32 Å². The zero-order valence-electron chi connectivity index (χ0n) is 17.6. The van der Waals surface area contributed by atoms with Crippen LogP contribution in [0.25, 0.3) is 5.65 Å². The molecule has 1 aliphatic rings. The number of anilines is 1. The predicted molar refractivity (Wildman–Crippen MR) is 117 cm³/mol. The van der Waals surface area contributed by atoms with Gasteiger partial charge in [0.2, 0.25) is 10.0 Å². The monoisotopic (exact) mass is 428 g/mol. The summed E-state index contributed by atoms with van der Waals surface area (Å²) < 4.78 is 28.9. The third kappa shape index (κ3) is 4.46. The van der Waals surface area contributed by atoms with Gasteiger partial charge in [-0.1, -0.05) is 51.1 Å². The van der Waals surface area contributed by atoms with Gasteiger partial charge in [-0.05, 0) is 30.5 Å². The molecule has 4 rings (SSSR count). The van der Waals surface area contributed by atoms with Gasteiger partial charge >= 0.3 is 0 Å². The second kappa shape index (κ2) is 7.96. The summed E-state index contributed by atoms with van der Waals surface area (Å²) in [4.78, 5) is 0. The maximum atomic E-state index is 12.7. The Morgan fingerprint density at radius 3 is 2.40 bits per heavy atom. The van der Waals surface area contributed by atoms with Gasteiger partial charge in [0.25, 0.3) is 0 Å². The number of nitrogens with one attached hydrogen (secondary N) is 1. The van der Waals surface area contributed by atoms with Crippen molar-refractivity contribution in [1.82, 2.24) is 24.1 Å². The summed E-state index contributed by atoms with van der Waals surface area (Å²) in [6.45, 7) is 7.26. The fourth-order valence-corrected chi connectivity index (χ4v) is 5.26. The standard InChI is InChI=1S/C21H28N6O2S/c1-21(2,3)20-24-23-19-10-9-18(25-27(19)20)22-17-11-13-26(14-12-17)30(28,29)15-16-7-5-4-6-8-16/h4-10,17H,11-15H2,1-3H3,(H,22,25). The molecule has 3 heterocycles. The Morgan fingerprint density at radius 2 is 1.73 bits per heavy atom. The minimum Gasteiger partial charge on any atom is -0.366 e. The van der Waals surface area contributed by atoms with Gasteiger partial charge in [0.15, 0.2) is 11.5 Å². The van der Waals surface area contributed by atoms with E-state index in [1.54, 1.807) is 8.82 Å². The highest BCUT2D eigenvalue weighted by molar-refractivity contribution is 7.88. The lowest BCUT2D eigenvalue weighted by Crippen LogP contribution is -2.42. The van der Waals surface area contributed by atoms with Crippen LogP contribution in [0, 0.1) is 0 Å². The van der Waals surface area contributed by atoms with Crippen LogP contribution in [0.5, 0.6) is 0 Å². The van der Waals surface area contributed by atoms with Crippen molar-refractivity contribution < 1.29 is 8.42 Å². The first-order valence-corrected chi connectivity index (χ1v) is 11.8. The summed E-state index contributed by atoms with van der Waals surface area (Å²) in [7, 11) is -3.31. The average Bonchev–Trinajstić information content (AvgIpc) is 3.12. The molecule has 1 saturated heterocycles. The minimum absolute atomic E-state index is 0.0490. The van der Waals surface area contributed by atoms with Crippen LogP contribution in [-0.2, 0) is 21.2 Å². The van der Waals surface area contributed by atoms with Gasteiger partial charge in [-0.15, -0.1) is 15.3 Å². The molecule has 0 unspecified atom stereocenters. The maximum absolute atomic E-state index is 12.7. The summed E-state index contributed by atoms with van der Waals surface area (Å²) in [6, 6.07) is 13.3. The molecule has 0 aliphatic carbocycles. The summed E-state index contributed by atoms with van der Waals surface area (Å²) in [5.41, 5.74) is 1.37. The van der Waals surface area contributed by atoms with Crippen LogP contribution in [0.3, 0.4) is 0 Å². The number of fused-ring (bicyclic) bond motifs is 1. The Kier molecular flexibility index (Phi) is 5.50. The number of nitrogens with zero attached hydrogens (tertiary/aromatic N) is 5. The van der Waals surface area contributed by atoms with E-state index in [0.717, 1.165) is 30.0 Å². The topological polar surface area (TPSA) is 92.5 Å². The van der Waals surface area contributed by atoms with Crippen molar-refractivity contribution in [1.29, 1.82) is 0 Å². The third-order valence-electron chi connectivity index (χ3n) is 5.32. The molecule has 0 bridgehead atoms. The van der Waals surface area contributed by atoms with Crippen LogP contribution in [0.1, 0.15) is 45.0 Å². The summed E-state index contributed by atoms with van der Waals surface area (Å²) in [5.74, 6) is 1.61. The fourth-order valence-electron chi connectivity index (χ4n) is 3.70. The zero-order valence-corrected chi connectivity index (χ0v) is 18.4. The number of hydrogen-bond donors (Lipinski definition) is 1. The Hall–Kier alpha value is -2.52. The normalized spacial score (nSPS) is 16.8. The van der Waals surface area contributed by atoms with E-state index in [9.17, 15) is 8.42 Å². The van der Waals surface area contributed by atoms with Crippen molar-refractivity contribution in [2.24, 2.45) is 0 Å². The van der Waals surface area contributed by atoms with Gasteiger partial charge in [0.05, 0.1) is 5.75 Å². The number of rotatable bonds is 5. The van der Waals surface area contributed by atoms with E-state index >= 15 is 0 Å². The van der Waals surface area contributed by atoms with Gasteiger partial charge in [0, 0.05) is 24.5 Å². The van der Waals surface area contributed by atoms with Crippen molar-refractivity contribution in [2.45, 2.75) is 50.8 Å². The molecule has 0 spiro atoms. The molecule has 0 radical (unpaired) electrons. The summed E-state index contributed by atoms with van der Waals surface area (Å²) >= 11 is 0. The summed E-state index contributed by atoms with van der Waals surface area (Å²) in [5, 5.41) is 16.6. The first-order valence-electron chi connectivity index (χ1n) is 10.2. The van der Waals surface area contributed by atoms with Crippen LogP contribution in [0.4, 0.5) is 5.82 Å². The summed E-state index contributed by atoms with van der Waals surface area (Å²) in [6.07, 6.45) is 1.48. The number of sulfonamides is 1. The Labute approximate surface area is 177 Å². The Bertz CT molecular complexity index is 1110. The molecule has 1 aliphatic heterocycles. The lowest BCUT2D eigenvalue weighted by Gasteiger charge is -2.32. The molecule has 9 heteroatoms. The SMILES string of the molecule is CC(C)(C)c1nnc2ccc(NC3CCN(S(=O)(=O)Cc4ccccc4)CC3)nn12. The fraction of sp³-hybridized carbons (Fsp3) is 0.476. The molecule has 3 aromatic rings. The third-order valence-corrected chi connectivity index (χ3v) is 7.17. The van der Waals surface area contributed by atoms with Crippen LogP contribution in [0.2, 0.25) is 0 Å². The largest absolute Gasteiger partial charge is 0.366 e. The first-order chi connectivity index (χ1) is 14.2. The molecule has 1 aromatic carbocycles. The first kappa shape index (κ1) is 20.7. The molecule has 0 saturated carbocycles. The highest BCUT2D eigenvalue weighted by Crippen LogP contribution is 2.23. The average molecular weight is 429 g/mol. The van der Waals surface area contributed by atoms with Crippen molar-refractivity contribution in [2.75, 3.05) is 18.4 Å². The zero-order chi connectivity index (χ0) is 21.4. The molecule has 160 valence electrons. The van der Waals surface area contributed by atoms with E-state index in [2.05, 4.69) is 41.4 Å². The molecule has 0 amide bonds. The van der Waals surface area contributed by atoms with Crippen molar-refractivity contribution >= 4 is 21.5 Å². The quantitative estimate of drug-likeness (QED) is 0.672. The van der Waals surface area contributed by atoms with Crippen molar-refractivity contribution in [3.05, 3.63) is 53.9 Å². The maximum Gasteiger partial charge on any atom is 0.218 e. The number of hydrogen-bond acceptors (Lipinski definition) is 6. The van der Waals surface area contributed by atoms with Crippen molar-refractivity contribution in [3.8, 4) is 0 Å². The van der Waals surface area contributed by atoms with Gasteiger partial charge < -0.3 is 5.32 Å². The Morgan fingerprint density at radius 1 is 1.03 bits per heavy atom.